The normalized spacial score (nSPS) is 10.5. The summed E-state index contributed by atoms with van der Waals surface area (Å²) in [5, 5.41) is 3.93. The molecule has 0 bridgehead atoms. The highest BCUT2D eigenvalue weighted by atomic mass is 32.1. The minimum Gasteiger partial charge on any atom is -0.357 e. The molecule has 1 N–H and O–H groups in total. The largest absolute Gasteiger partial charge is 0.357 e. The van der Waals surface area contributed by atoms with Gasteiger partial charge in [0.25, 0.3) is 0 Å². The topological polar surface area (TPSA) is 63.6 Å². The summed E-state index contributed by atoms with van der Waals surface area (Å²) in [4.78, 5) is 18.3. The van der Waals surface area contributed by atoms with Crippen molar-refractivity contribution in [3.63, 3.8) is 0 Å². The number of nitrogens with one attached hydrogen (secondary N) is 1. The van der Waals surface area contributed by atoms with Crippen LogP contribution >= 0.6 is 11.3 Å². The van der Waals surface area contributed by atoms with Crippen LogP contribution in [0.3, 0.4) is 0 Å². The Hall–Kier alpha value is -2.34. The van der Waals surface area contributed by atoms with Crippen molar-refractivity contribution in [3.8, 4) is 21.1 Å². The van der Waals surface area contributed by atoms with Gasteiger partial charge in [-0.05, 0) is 25.1 Å². The van der Waals surface area contributed by atoms with Gasteiger partial charge in [0.2, 0.25) is 5.95 Å². The van der Waals surface area contributed by atoms with Crippen LogP contribution in [0.15, 0.2) is 36.8 Å². The number of aryl methyl sites for hydroxylation is 1. The molecule has 100 valence electrons. The van der Waals surface area contributed by atoms with Crippen LogP contribution in [0, 0.1) is 6.92 Å². The zero-order valence-electron chi connectivity index (χ0n) is 11.2. The van der Waals surface area contributed by atoms with E-state index in [1.165, 1.54) is 0 Å². The Morgan fingerprint density at radius 3 is 2.60 bits per heavy atom. The summed E-state index contributed by atoms with van der Waals surface area (Å²) in [6, 6.07) is 5.82. The Balaban J connectivity index is 2.05. The summed E-state index contributed by atoms with van der Waals surface area (Å²) in [7, 11) is 1.81. The summed E-state index contributed by atoms with van der Waals surface area (Å²) in [6.45, 7) is 2.00. The van der Waals surface area contributed by atoms with Gasteiger partial charge in [0.15, 0.2) is 0 Å². The highest BCUT2D eigenvalue weighted by Gasteiger charge is 2.12. The minimum absolute atomic E-state index is 0.612. The van der Waals surface area contributed by atoms with Crippen LogP contribution in [0.25, 0.3) is 21.1 Å². The van der Waals surface area contributed by atoms with E-state index in [2.05, 4.69) is 25.3 Å². The highest BCUT2D eigenvalue weighted by Crippen LogP contribution is 2.34. The first-order valence-corrected chi connectivity index (χ1v) is 6.98. The first-order chi connectivity index (χ1) is 9.78. The maximum absolute atomic E-state index is 4.62. The molecule has 0 unspecified atom stereocenters. The molecule has 20 heavy (non-hydrogen) atoms. The lowest BCUT2D eigenvalue weighted by atomic mass is 10.3. The fourth-order valence-electron chi connectivity index (χ4n) is 1.86. The predicted molar refractivity (Wildman–Crippen MR) is 80.7 cm³/mol. The predicted octanol–water partition coefficient (Wildman–Crippen LogP) is 3.01. The van der Waals surface area contributed by atoms with Gasteiger partial charge < -0.3 is 5.32 Å². The molecule has 0 atom stereocenters. The molecule has 0 amide bonds. The molecule has 0 fully saturated rings. The van der Waals surface area contributed by atoms with Crippen molar-refractivity contribution >= 4 is 17.3 Å². The van der Waals surface area contributed by atoms with Crippen molar-refractivity contribution in [3.05, 3.63) is 42.5 Å². The van der Waals surface area contributed by atoms with Gasteiger partial charge in [0, 0.05) is 31.2 Å². The minimum atomic E-state index is 0.612. The number of hydrogen-bond donors (Lipinski definition) is 1. The van der Waals surface area contributed by atoms with Crippen LogP contribution in [0.1, 0.15) is 5.69 Å². The molecule has 3 heterocycles. The van der Waals surface area contributed by atoms with Crippen LogP contribution in [0.4, 0.5) is 5.95 Å². The van der Waals surface area contributed by atoms with Crippen LogP contribution < -0.4 is 5.32 Å². The van der Waals surface area contributed by atoms with Gasteiger partial charge in [0.05, 0.1) is 16.3 Å². The average molecular weight is 283 g/mol. The third-order valence-corrected chi connectivity index (χ3v) is 4.06. The summed E-state index contributed by atoms with van der Waals surface area (Å²) in [6.07, 6.45) is 5.30. The SMILES string of the molecule is CNc1nccc(-c2sc(-c3ccncc3)nc2C)n1. The molecule has 3 aromatic rings. The summed E-state index contributed by atoms with van der Waals surface area (Å²) >= 11 is 1.63. The molecule has 0 aliphatic carbocycles. The highest BCUT2D eigenvalue weighted by molar-refractivity contribution is 7.18. The molecule has 0 saturated carbocycles. The molecule has 3 rings (SSSR count). The lowest BCUT2D eigenvalue weighted by molar-refractivity contribution is 1.15. The smallest absolute Gasteiger partial charge is 0.222 e. The van der Waals surface area contributed by atoms with E-state index in [9.17, 15) is 0 Å². The number of aromatic nitrogens is 4. The van der Waals surface area contributed by atoms with Crippen LogP contribution in [0.2, 0.25) is 0 Å². The summed E-state index contributed by atoms with van der Waals surface area (Å²) in [5.41, 5.74) is 2.93. The van der Waals surface area contributed by atoms with Gasteiger partial charge in [-0.2, -0.15) is 0 Å². The number of rotatable bonds is 3. The zero-order chi connectivity index (χ0) is 13.9. The molecular weight excluding hydrogens is 270 g/mol. The lowest BCUT2D eigenvalue weighted by Gasteiger charge is -2.00. The van der Waals surface area contributed by atoms with Gasteiger partial charge in [0.1, 0.15) is 5.01 Å². The molecule has 5 nitrogen and oxygen atoms in total. The van der Waals surface area contributed by atoms with Gasteiger partial charge >= 0.3 is 0 Å². The number of hydrogen-bond acceptors (Lipinski definition) is 6. The molecule has 0 aliphatic rings. The molecule has 3 aromatic heterocycles. The number of nitrogens with zero attached hydrogens (tertiary/aromatic N) is 4. The van der Waals surface area contributed by atoms with E-state index in [0.29, 0.717) is 5.95 Å². The maximum Gasteiger partial charge on any atom is 0.222 e. The second-order valence-corrected chi connectivity index (χ2v) is 5.18. The van der Waals surface area contributed by atoms with E-state index >= 15 is 0 Å². The quantitative estimate of drug-likeness (QED) is 0.800. The third kappa shape index (κ3) is 2.37. The average Bonchev–Trinajstić information content (AvgIpc) is 2.90. The van der Waals surface area contributed by atoms with Crippen LogP contribution in [-0.4, -0.2) is 27.0 Å². The fourth-order valence-corrected chi connectivity index (χ4v) is 2.90. The van der Waals surface area contributed by atoms with Crippen molar-refractivity contribution in [2.45, 2.75) is 6.92 Å². The molecule has 0 aromatic carbocycles. The maximum atomic E-state index is 4.62. The molecule has 6 heteroatoms. The van der Waals surface area contributed by atoms with E-state index < -0.39 is 0 Å². The Bertz CT molecular complexity index is 723. The molecule has 0 saturated heterocycles. The second kappa shape index (κ2) is 5.34. The third-order valence-electron chi connectivity index (χ3n) is 2.84. The van der Waals surface area contributed by atoms with Crippen molar-refractivity contribution in [1.29, 1.82) is 0 Å². The number of thiazole rings is 1. The van der Waals surface area contributed by atoms with Crippen molar-refractivity contribution < 1.29 is 0 Å². The van der Waals surface area contributed by atoms with Gasteiger partial charge in [-0.15, -0.1) is 11.3 Å². The number of pyridine rings is 1. The first kappa shape index (κ1) is 12.7. The van der Waals surface area contributed by atoms with E-state index in [1.54, 1.807) is 37.0 Å². The van der Waals surface area contributed by atoms with E-state index in [1.807, 2.05) is 25.1 Å². The zero-order valence-corrected chi connectivity index (χ0v) is 12.0. The molecule has 0 spiro atoms. The van der Waals surface area contributed by atoms with E-state index in [-0.39, 0.29) is 0 Å². The van der Waals surface area contributed by atoms with Gasteiger partial charge in [-0.3, -0.25) is 4.98 Å². The monoisotopic (exact) mass is 283 g/mol. The fraction of sp³-hybridized carbons (Fsp3) is 0.143. The standard InChI is InChI=1S/C14H13N5S/c1-9-12(11-5-8-17-14(15-2)19-11)20-13(18-9)10-3-6-16-7-4-10/h3-8H,1-2H3,(H,15,17,19). The van der Waals surface area contributed by atoms with Crippen molar-refractivity contribution in [2.24, 2.45) is 0 Å². The summed E-state index contributed by atoms with van der Waals surface area (Å²) in [5.74, 6) is 0.612. The Morgan fingerprint density at radius 1 is 1.05 bits per heavy atom. The Kier molecular flexibility index (Phi) is 3.39. The lowest BCUT2D eigenvalue weighted by Crippen LogP contribution is -1.96. The van der Waals surface area contributed by atoms with Crippen molar-refractivity contribution in [2.75, 3.05) is 12.4 Å². The van der Waals surface area contributed by atoms with Gasteiger partial charge in [-0.25, -0.2) is 15.0 Å². The Labute approximate surface area is 120 Å². The van der Waals surface area contributed by atoms with E-state index in [0.717, 1.165) is 26.8 Å². The molecule has 0 radical (unpaired) electrons. The van der Waals surface area contributed by atoms with Crippen LogP contribution in [-0.2, 0) is 0 Å². The van der Waals surface area contributed by atoms with Gasteiger partial charge in [-0.1, -0.05) is 0 Å². The summed E-state index contributed by atoms with van der Waals surface area (Å²) < 4.78 is 0. The van der Waals surface area contributed by atoms with Crippen LogP contribution in [0.5, 0.6) is 0 Å². The van der Waals surface area contributed by atoms with E-state index in [4.69, 9.17) is 0 Å². The first-order valence-electron chi connectivity index (χ1n) is 6.17. The molecular formula is C14H13N5S. The second-order valence-electron chi connectivity index (χ2n) is 4.18. The van der Waals surface area contributed by atoms with Crippen molar-refractivity contribution in [1.82, 2.24) is 19.9 Å². The Morgan fingerprint density at radius 2 is 1.85 bits per heavy atom. The number of anilines is 1. The molecule has 0 aliphatic heterocycles.